The summed E-state index contributed by atoms with van der Waals surface area (Å²) in [5, 5.41) is 7.25. The van der Waals surface area contributed by atoms with Crippen molar-refractivity contribution in [3.63, 3.8) is 0 Å². The van der Waals surface area contributed by atoms with Gasteiger partial charge in [0.2, 0.25) is 11.9 Å². The van der Waals surface area contributed by atoms with E-state index in [1.54, 1.807) is 13.1 Å². The zero-order chi connectivity index (χ0) is 29.2. The monoisotopic (exact) mass is 565 g/mol. The molecule has 2 fully saturated rings. The van der Waals surface area contributed by atoms with Crippen LogP contribution in [0.25, 0.3) is 22.2 Å². The number of pyridine rings is 1. The van der Waals surface area contributed by atoms with Crippen molar-refractivity contribution in [1.29, 1.82) is 0 Å². The first kappa shape index (κ1) is 27.9. The van der Waals surface area contributed by atoms with Crippen LogP contribution < -0.4 is 21.1 Å². The topological polar surface area (TPSA) is 95.4 Å². The van der Waals surface area contributed by atoms with Gasteiger partial charge in [-0.15, -0.1) is 0 Å². The number of fused-ring (bicyclic) bond motifs is 1. The number of hydrogen-bond donors (Lipinski definition) is 2. The minimum absolute atomic E-state index is 0.0117. The molecule has 9 heteroatoms. The van der Waals surface area contributed by atoms with Crippen LogP contribution in [0, 0.1) is 6.92 Å². The van der Waals surface area contributed by atoms with Crippen LogP contribution in [0.5, 0.6) is 0 Å². The van der Waals surface area contributed by atoms with Crippen molar-refractivity contribution in [2.75, 3.05) is 43.4 Å². The molecular weight excluding hydrogens is 526 g/mol. The Labute approximate surface area is 246 Å². The number of piperazine rings is 1. The maximum absolute atomic E-state index is 14.1. The Kier molecular flexibility index (Phi) is 7.93. The Bertz CT molecular complexity index is 1640. The third-order valence-corrected chi connectivity index (χ3v) is 8.62. The number of carbonyl (C=O) groups excluding carboxylic acids is 1. The van der Waals surface area contributed by atoms with Crippen LogP contribution in [-0.2, 0) is 4.79 Å². The van der Waals surface area contributed by atoms with E-state index in [0.717, 1.165) is 68.5 Å². The second-order valence-corrected chi connectivity index (χ2v) is 11.7. The third-order valence-electron chi connectivity index (χ3n) is 8.62. The number of nitrogens with zero attached hydrogens (tertiary/aromatic N) is 5. The highest BCUT2D eigenvalue weighted by Crippen LogP contribution is 2.32. The molecule has 0 radical (unpaired) electrons. The average Bonchev–Trinajstić information content (AvgIpc) is 2.98. The summed E-state index contributed by atoms with van der Waals surface area (Å²) >= 11 is 0. The number of rotatable bonds is 6. The molecule has 42 heavy (non-hydrogen) atoms. The highest BCUT2D eigenvalue weighted by atomic mass is 16.1. The van der Waals surface area contributed by atoms with Gasteiger partial charge in [0.25, 0.3) is 5.56 Å². The molecule has 9 nitrogen and oxygen atoms in total. The van der Waals surface area contributed by atoms with E-state index >= 15 is 0 Å². The third kappa shape index (κ3) is 5.87. The van der Waals surface area contributed by atoms with Gasteiger partial charge in [-0.05, 0) is 75.0 Å². The summed E-state index contributed by atoms with van der Waals surface area (Å²) in [4.78, 5) is 40.0. The normalized spacial score (nSPS) is 19.5. The van der Waals surface area contributed by atoms with Crippen LogP contribution in [0.15, 0.2) is 65.6 Å². The lowest BCUT2D eigenvalue weighted by Crippen LogP contribution is -2.44. The van der Waals surface area contributed by atoms with Crippen LogP contribution in [0.1, 0.15) is 44.2 Å². The molecule has 6 rings (SSSR count). The Morgan fingerprint density at radius 2 is 1.69 bits per heavy atom. The molecule has 0 atom stereocenters. The fourth-order valence-corrected chi connectivity index (χ4v) is 6.37. The van der Waals surface area contributed by atoms with Crippen LogP contribution >= 0.6 is 0 Å². The minimum Gasteiger partial charge on any atom is -0.369 e. The number of hydrogen-bond acceptors (Lipinski definition) is 7. The summed E-state index contributed by atoms with van der Waals surface area (Å²) in [5.41, 5.74) is 5.47. The smallest absolute Gasteiger partial charge is 0.260 e. The molecule has 0 spiro atoms. The van der Waals surface area contributed by atoms with Crippen molar-refractivity contribution in [3.05, 3.63) is 76.7 Å². The zero-order valence-corrected chi connectivity index (χ0v) is 24.6. The summed E-state index contributed by atoms with van der Waals surface area (Å²) in [6, 6.07) is 18.2. The maximum atomic E-state index is 14.1. The second kappa shape index (κ2) is 11.9. The van der Waals surface area contributed by atoms with Gasteiger partial charge >= 0.3 is 0 Å². The molecule has 0 bridgehead atoms. The largest absolute Gasteiger partial charge is 0.369 e. The number of anilines is 3. The van der Waals surface area contributed by atoms with Gasteiger partial charge < -0.3 is 20.4 Å². The fraction of sp³-hybridized carbons (Fsp3) is 0.394. The van der Waals surface area contributed by atoms with E-state index < -0.39 is 0 Å². The SMILES string of the molecule is CC(=O)NC1CCC(n2c(=O)c(-c3ccccc3)cc3cnc(Nc4ccc(N5CCN(C)CC5)c(C)c4)nc32)CC1. The number of amides is 1. The van der Waals surface area contributed by atoms with Crippen molar-refractivity contribution in [2.24, 2.45) is 0 Å². The number of carbonyl (C=O) groups is 1. The summed E-state index contributed by atoms with van der Waals surface area (Å²) < 4.78 is 1.87. The van der Waals surface area contributed by atoms with Gasteiger partial charge in [-0.3, -0.25) is 14.2 Å². The second-order valence-electron chi connectivity index (χ2n) is 11.7. The first-order valence-corrected chi connectivity index (χ1v) is 14.9. The zero-order valence-electron chi connectivity index (χ0n) is 24.6. The van der Waals surface area contributed by atoms with Gasteiger partial charge in [0.15, 0.2) is 0 Å². The Balaban J connectivity index is 1.33. The lowest BCUT2D eigenvalue weighted by Gasteiger charge is -2.35. The van der Waals surface area contributed by atoms with Crippen molar-refractivity contribution in [3.8, 4) is 11.1 Å². The van der Waals surface area contributed by atoms with Gasteiger partial charge in [0, 0.05) is 73.7 Å². The van der Waals surface area contributed by atoms with E-state index in [9.17, 15) is 9.59 Å². The number of likely N-dealkylation sites (N-methyl/N-ethyl adjacent to an activating group) is 1. The van der Waals surface area contributed by atoms with E-state index in [1.807, 2.05) is 41.0 Å². The van der Waals surface area contributed by atoms with Crippen LogP contribution in [-0.4, -0.2) is 64.6 Å². The summed E-state index contributed by atoms with van der Waals surface area (Å²) in [5.74, 6) is 0.448. The molecule has 1 amide bonds. The minimum atomic E-state index is -0.0475. The molecule has 4 aromatic rings. The lowest BCUT2D eigenvalue weighted by molar-refractivity contribution is -0.119. The first-order chi connectivity index (χ1) is 20.4. The maximum Gasteiger partial charge on any atom is 0.260 e. The summed E-state index contributed by atoms with van der Waals surface area (Å²) in [7, 11) is 2.17. The number of aryl methyl sites for hydroxylation is 1. The Hall–Kier alpha value is -4.24. The molecule has 218 valence electrons. The molecular formula is C33H39N7O2. The molecule has 1 aliphatic heterocycles. The predicted molar refractivity (Wildman–Crippen MR) is 169 cm³/mol. The molecule has 1 saturated heterocycles. The van der Waals surface area contributed by atoms with E-state index in [4.69, 9.17) is 4.98 Å². The molecule has 3 heterocycles. The Morgan fingerprint density at radius 3 is 2.38 bits per heavy atom. The molecule has 2 aromatic heterocycles. The quantitative estimate of drug-likeness (QED) is 0.344. The molecule has 0 unspecified atom stereocenters. The van der Waals surface area contributed by atoms with E-state index in [0.29, 0.717) is 17.2 Å². The lowest BCUT2D eigenvalue weighted by atomic mass is 9.90. The van der Waals surface area contributed by atoms with Crippen molar-refractivity contribution in [1.82, 2.24) is 24.8 Å². The average molecular weight is 566 g/mol. The predicted octanol–water partition coefficient (Wildman–Crippen LogP) is 4.88. The molecule has 2 aliphatic rings. The van der Waals surface area contributed by atoms with E-state index in [1.165, 1.54) is 11.3 Å². The summed E-state index contributed by atoms with van der Waals surface area (Å²) in [6.45, 7) is 7.86. The van der Waals surface area contributed by atoms with Gasteiger partial charge in [-0.2, -0.15) is 4.98 Å². The van der Waals surface area contributed by atoms with Crippen molar-refractivity contribution >= 4 is 34.3 Å². The molecule has 1 saturated carbocycles. The number of nitrogens with one attached hydrogen (secondary N) is 2. The Morgan fingerprint density at radius 1 is 0.952 bits per heavy atom. The van der Waals surface area contributed by atoms with E-state index in [-0.39, 0.29) is 23.6 Å². The van der Waals surface area contributed by atoms with Crippen molar-refractivity contribution in [2.45, 2.75) is 51.6 Å². The van der Waals surface area contributed by atoms with Gasteiger partial charge in [-0.25, -0.2) is 4.98 Å². The van der Waals surface area contributed by atoms with Crippen LogP contribution in [0.3, 0.4) is 0 Å². The summed E-state index contributed by atoms with van der Waals surface area (Å²) in [6.07, 6.45) is 5.03. The highest BCUT2D eigenvalue weighted by molar-refractivity contribution is 5.82. The number of aromatic nitrogens is 3. The molecule has 2 N–H and O–H groups in total. The number of benzene rings is 2. The molecule has 1 aliphatic carbocycles. The van der Waals surface area contributed by atoms with E-state index in [2.05, 4.69) is 57.6 Å². The molecule has 2 aromatic carbocycles. The standard InChI is InChI=1S/C33H39N7O2/c1-22-19-27(11-14-30(22)39-17-15-38(3)16-18-39)36-33-34-21-25-20-29(24-7-5-4-6-8-24)32(42)40(31(25)37-33)28-12-9-26(10-13-28)35-23(2)41/h4-8,11,14,19-21,26,28H,9-10,12-13,15-18H2,1-3H3,(H,35,41)(H,34,36,37). The van der Waals surface area contributed by atoms with Gasteiger partial charge in [0.05, 0.1) is 0 Å². The van der Waals surface area contributed by atoms with Crippen LogP contribution in [0.2, 0.25) is 0 Å². The van der Waals surface area contributed by atoms with Crippen LogP contribution in [0.4, 0.5) is 17.3 Å². The van der Waals surface area contributed by atoms with Gasteiger partial charge in [0.1, 0.15) is 5.65 Å². The fourth-order valence-electron chi connectivity index (χ4n) is 6.37. The van der Waals surface area contributed by atoms with Gasteiger partial charge in [-0.1, -0.05) is 30.3 Å². The highest BCUT2D eigenvalue weighted by Gasteiger charge is 2.26. The van der Waals surface area contributed by atoms with Crippen molar-refractivity contribution < 1.29 is 4.79 Å². The first-order valence-electron chi connectivity index (χ1n) is 14.9.